The lowest BCUT2D eigenvalue weighted by Crippen LogP contribution is -2.17. The summed E-state index contributed by atoms with van der Waals surface area (Å²) in [7, 11) is 1.58. The van der Waals surface area contributed by atoms with E-state index in [-0.39, 0.29) is 5.91 Å². The Labute approximate surface area is 72.1 Å². The number of nitrogens with two attached hydrogens (primary N) is 1. The lowest BCUT2D eigenvalue weighted by Gasteiger charge is -1.91. The minimum atomic E-state index is -0.481. The van der Waals surface area contributed by atoms with E-state index in [1.165, 1.54) is 0 Å². The van der Waals surface area contributed by atoms with Gasteiger partial charge < -0.3 is 11.1 Å². The topological polar surface area (TPSA) is 72.2 Å². The first-order valence-corrected chi connectivity index (χ1v) is 3.25. The van der Waals surface area contributed by atoms with Gasteiger partial charge in [-0.1, -0.05) is 13.2 Å². The van der Waals surface area contributed by atoms with E-state index < -0.39 is 5.91 Å². The normalized spacial score (nSPS) is 7.17. The highest BCUT2D eigenvalue weighted by molar-refractivity contribution is 5.91. The zero-order chi connectivity index (χ0) is 10.1. The van der Waals surface area contributed by atoms with Crippen molar-refractivity contribution in [3.8, 4) is 0 Å². The molecule has 0 bridgehead atoms. The second-order valence-corrected chi connectivity index (χ2v) is 1.97. The molecule has 0 saturated carbocycles. The third-order valence-electron chi connectivity index (χ3n) is 0.816. The van der Waals surface area contributed by atoms with Gasteiger partial charge in [0.25, 0.3) is 0 Å². The van der Waals surface area contributed by atoms with Crippen LogP contribution >= 0.6 is 0 Å². The van der Waals surface area contributed by atoms with Crippen molar-refractivity contribution in [2.75, 3.05) is 7.05 Å². The van der Waals surface area contributed by atoms with E-state index in [9.17, 15) is 9.59 Å². The summed E-state index contributed by atoms with van der Waals surface area (Å²) in [6.45, 7) is 8.16. The molecule has 0 aromatic rings. The first kappa shape index (κ1) is 13.0. The van der Waals surface area contributed by atoms with Crippen molar-refractivity contribution in [2.45, 2.75) is 6.92 Å². The van der Waals surface area contributed by atoms with Gasteiger partial charge in [-0.15, -0.1) is 0 Å². The second-order valence-electron chi connectivity index (χ2n) is 1.97. The van der Waals surface area contributed by atoms with Crippen LogP contribution in [-0.4, -0.2) is 18.9 Å². The molecule has 2 amide bonds. The molecule has 3 N–H and O–H groups in total. The number of hydrogen-bond acceptors (Lipinski definition) is 2. The largest absolute Gasteiger partial charge is 0.366 e. The summed E-state index contributed by atoms with van der Waals surface area (Å²) in [6.07, 6.45) is 1.06. The molecular weight excluding hydrogens is 156 g/mol. The van der Waals surface area contributed by atoms with Crippen molar-refractivity contribution in [3.63, 3.8) is 0 Å². The second kappa shape index (κ2) is 7.53. The van der Waals surface area contributed by atoms with E-state index in [1.807, 2.05) is 0 Å². The van der Waals surface area contributed by atoms with Gasteiger partial charge in [-0.2, -0.15) is 0 Å². The van der Waals surface area contributed by atoms with Crippen LogP contribution in [-0.2, 0) is 9.59 Å². The van der Waals surface area contributed by atoms with E-state index in [1.54, 1.807) is 14.0 Å². The minimum Gasteiger partial charge on any atom is -0.366 e. The first-order chi connectivity index (χ1) is 5.45. The minimum absolute atomic E-state index is 0.0972. The van der Waals surface area contributed by atoms with Gasteiger partial charge in [-0.25, -0.2) is 0 Å². The van der Waals surface area contributed by atoms with E-state index in [4.69, 9.17) is 0 Å². The highest BCUT2D eigenvalue weighted by Gasteiger charge is 1.92. The number of carbonyl (C=O) groups excluding carboxylic acids is 2. The zero-order valence-corrected chi connectivity index (χ0v) is 7.39. The van der Waals surface area contributed by atoms with Gasteiger partial charge in [0.2, 0.25) is 11.8 Å². The SMILES string of the molecule is C=C(C)C(=O)NC.C=CC(N)=O. The monoisotopic (exact) mass is 170 g/mol. The molecule has 68 valence electrons. The van der Waals surface area contributed by atoms with Crippen molar-refractivity contribution >= 4 is 11.8 Å². The van der Waals surface area contributed by atoms with Crippen LogP contribution in [0.4, 0.5) is 0 Å². The van der Waals surface area contributed by atoms with Gasteiger partial charge in [0.1, 0.15) is 0 Å². The third kappa shape index (κ3) is 11.2. The molecule has 12 heavy (non-hydrogen) atoms. The molecule has 0 fully saturated rings. The Bertz CT molecular complexity index is 197. The van der Waals surface area contributed by atoms with Gasteiger partial charge in [0.05, 0.1) is 0 Å². The van der Waals surface area contributed by atoms with Gasteiger partial charge in [0.15, 0.2) is 0 Å². The third-order valence-corrected chi connectivity index (χ3v) is 0.816. The lowest BCUT2D eigenvalue weighted by atomic mass is 10.3. The van der Waals surface area contributed by atoms with E-state index in [2.05, 4.69) is 24.2 Å². The molecule has 0 saturated heterocycles. The first-order valence-electron chi connectivity index (χ1n) is 3.25. The van der Waals surface area contributed by atoms with E-state index >= 15 is 0 Å². The van der Waals surface area contributed by atoms with Crippen LogP contribution < -0.4 is 11.1 Å². The summed E-state index contributed by atoms with van der Waals surface area (Å²) in [6, 6.07) is 0. The smallest absolute Gasteiger partial charge is 0.246 e. The Morgan fingerprint density at radius 1 is 1.50 bits per heavy atom. The van der Waals surface area contributed by atoms with Crippen molar-refractivity contribution in [1.82, 2.24) is 5.32 Å². The molecule has 0 unspecified atom stereocenters. The summed E-state index contributed by atoms with van der Waals surface area (Å²) < 4.78 is 0. The van der Waals surface area contributed by atoms with Gasteiger partial charge in [0, 0.05) is 12.6 Å². The molecule has 0 aromatic heterocycles. The Kier molecular flexibility index (Phi) is 8.18. The summed E-state index contributed by atoms with van der Waals surface area (Å²) in [5.74, 6) is -0.579. The number of rotatable bonds is 2. The van der Waals surface area contributed by atoms with Crippen LogP contribution in [0.1, 0.15) is 6.92 Å². The average molecular weight is 170 g/mol. The van der Waals surface area contributed by atoms with Crippen LogP contribution in [0.15, 0.2) is 24.8 Å². The number of hydrogen-bond donors (Lipinski definition) is 2. The quantitative estimate of drug-likeness (QED) is 0.571. The highest BCUT2D eigenvalue weighted by atomic mass is 16.1. The van der Waals surface area contributed by atoms with Crippen LogP contribution in [0.2, 0.25) is 0 Å². The molecule has 0 heterocycles. The predicted octanol–water partition coefficient (Wildman–Crippen LogP) is -0.0338. The van der Waals surface area contributed by atoms with Gasteiger partial charge in [-0.05, 0) is 13.0 Å². The van der Waals surface area contributed by atoms with Crippen LogP contribution in [0.25, 0.3) is 0 Å². The zero-order valence-electron chi connectivity index (χ0n) is 7.39. The fourth-order valence-corrected chi connectivity index (χ4v) is 0.213. The predicted molar refractivity (Wildman–Crippen MR) is 48.3 cm³/mol. The van der Waals surface area contributed by atoms with Crippen molar-refractivity contribution in [3.05, 3.63) is 24.8 Å². The van der Waals surface area contributed by atoms with Crippen molar-refractivity contribution in [2.24, 2.45) is 5.73 Å². The van der Waals surface area contributed by atoms with Gasteiger partial charge in [-0.3, -0.25) is 9.59 Å². The van der Waals surface area contributed by atoms with Gasteiger partial charge >= 0.3 is 0 Å². The number of amides is 2. The summed E-state index contributed by atoms with van der Waals surface area (Å²) in [4.78, 5) is 19.8. The lowest BCUT2D eigenvalue weighted by molar-refractivity contribution is -0.117. The average Bonchev–Trinajstić information content (AvgIpc) is 2.04. The number of nitrogens with one attached hydrogen (secondary N) is 1. The molecule has 0 spiro atoms. The van der Waals surface area contributed by atoms with Crippen LogP contribution in [0, 0.1) is 0 Å². The van der Waals surface area contributed by atoms with Crippen LogP contribution in [0.3, 0.4) is 0 Å². The number of primary amides is 1. The Morgan fingerprint density at radius 2 is 1.83 bits per heavy atom. The maximum atomic E-state index is 10.3. The molecule has 0 atom stereocenters. The van der Waals surface area contributed by atoms with Crippen molar-refractivity contribution in [1.29, 1.82) is 0 Å². The highest BCUT2D eigenvalue weighted by Crippen LogP contribution is 1.81. The fraction of sp³-hybridized carbons (Fsp3) is 0.250. The van der Waals surface area contributed by atoms with Crippen molar-refractivity contribution < 1.29 is 9.59 Å². The summed E-state index contributed by atoms with van der Waals surface area (Å²) >= 11 is 0. The molecule has 0 aromatic carbocycles. The molecule has 0 aliphatic carbocycles. The Morgan fingerprint density at radius 3 is 1.83 bits per heavy atom. The summed E-state index contributed by atoms with van der Waals surface area (Å²) in [5, 5.41) is 2.43. The molecule has 0 rings (SSSR count). The molecule has 0 aliphatic rings. The Balaban J connectivity index is 0. The molecule has 4 heteroatoms. The molecular formula is C8H14N2O2. The maximum Gasteiger partial charge on any atom is 0.246 e. The van der Waals surface area contributed by atoms with E-state index in [0.29, 0.717) is 5.57 Å². The summed E-state index contributed by atoms with van der Waals surface area (Å²) in [5.41, 5.74) is 5.08. The molecule has 0 aliphatic heterocycles. The Hall–Kier alpha value is -1.58. The number of likely N-dealkylation sites (N-methyl/N-ethyl adjacent to an activating group) is 1. The maximum absolute atomic E-state index is 10.3. The molecule has 0 radical (unpaired) electrons. The molecule has 4 nitrogen and oxygen atoms in total. The fourth-order valence-electron chi connectivity index (χ4n) is 0.213. The number of carbonyl (C=O) groups is 2. The standard InChI is InChI=1S/C5H9NO.C3H5NO/c1-4(2)5(7)6-3;1-2-3(4)5/h1H2,2-3H3,(H,6,7);2H,1H2,(H2,4,5). The van der Waals surface area contributed by atoms with Crippen LogP contribution in [0.5, 0.6) is 0 Å². The van der Waals surface area contributed by atoms with E-state index in [0.717, 1.165) is 6.08 Å².